The maximum Gasteiger partial charge on any atom is 0.243 e. The van der Waals surface area contributed by atoms with Gasteiger partial charge >= 0.3 is 0 Å². The number of aromatic nitrogens is 2. The standard InChI is InChI=1S/C13H17N3OS/c1-9-5-4-6-11(7-9)18-8-12-15-13(17-16-12)10(2)14-3/h4-7,10,14H,8H2,1-3H3. The van der Waals surface area contributed by atoms with E-state index in [2.05, 4.69) is 46.6 Å². The van der Waals surface area contributed by atoms with Crippen LogP contribution in [0.5, 0.6) is 0 Å². The van der Waals surface area contributed by atoms with E-state index < -0.39 is 0 Å². The molecule has 1 atom stereocenters. The zero-order chi connectivity index (χ0) is 13.0. The van der Waals surface area contributed by atoms with Crippen LogP contribution in [0.1, 0.15) is 30.2 Å². The number of nitrogens with one attached hydrogen (secondary N) is 1. The molecule has 18 heavy (non-hydrogen) atoms. The molecule has 0 amide bonds. The summed E-state index contributed by atoms with van der Waals surface area (Å²) in [4.78, 5) is 5.58. The van der Waals surface area contributed by atoms with Crippen molar-refractivity contribution in [2.45, 2.75) is 30.5 Å². The fourth-order valence-corrected chi connectivity index (χ4v) is 2.34. The quantitative estimate of drug-likeness (QED) is 0.840. The van der Waals surface area contributed by atoms with Crippen molar-refractivity contribution in [3.05, 3.63) is 41.5 Å². The summed E-state index contributed by atoms with van der Waals surface area (Å²) in [7, 11) is 1.87. The molecule has 0 fully saturated rings. The van der Waals surface area contributed by atoms with Crippen molar-refractivity contribution < 1.29 is 4.52 Å². The molecule has 5 heteroatoms. The Hall–Kier alpha value is -1.33. The second-order valence-electron chi connectivity index (χ2n) is 4.16. The van der Waals surface area contributed by atoms with Gasteiger partial charge in [0.15, 0.2) is 5.82 Å². The van der Waals surface area contributed by atoms with Crippen LogP contribution >= 0.6 is 11.8 Å². The Bertz CT molecular complexity index is 512. The summed E-state index contributed by atoms with van der Waals surface area (Å²) in [6, 6.07) is 8.49. The van der Waals surface area contributed by atoms with Crippen molar-refractivity contribution >= 4 is 11.8 Å². The van der Waals surface area contributed by atoms with Crippen molar-refractivity contribution in [3.8, 4) is 0 Å². The van der Waals surface area contributed by atoms with Crippen molar-refractivity contribution in [1.82, 2.24) is 15.5 Å². The van der Waals surface area contributed by atoms with Crippen LogP contribution in [-0.2, 0) is 5.75 Å². The molecule has 1 aromatic heterocycles. The molecule has 4 nitrogen and oxygen atoms in total. The molecule has 0 saturated carbocycles. The molecular weight excluding hydrogens is 246 g/mol. The van der Waals surface area contributed by atoms with E-state index in [1.54, 1.807) is 11.8 Å². The normalized spacial score (nSPS) is 12.6. The molecule has 1 N–H and O–H groups in total. The topological polar surface area (TPSA) is 51.0 Å². The van der Waals surface area contributed by atoms with Gasteiger partial charge in [0.2, 0.25) is 5.89 Å². The number of thioether (sulfide) groups is 1. The molecule has 0 aliphatic rings. The Kier molecular flexibility index (Phi) is 4.38. The molecular formula is C13H17N3OS. The first-order valence-corrected chi connectivity index (χ1v) is 6.87. The third-order valence-electron chi connectivity index (χ3n) is 2.64. The highest BCUT2D eigenvalue weighted by Crippen LogP contribution is 2.22. The molecule has 0 aliphatic heterocycles. The molecule has 1 aromatic carbocycles. The summed E-state index contributed by atoms with van der Waals surface area (Å²) >= 11 is 1.71. The summed E-state index contributed by atoms with van der Waals surface area (Å²) in [5.74, 6) is 2.10. The van der Waals surface area contributed by atoms with Crippen LogP contribution in [0.2, 0.25) is 0 Å². The van der Waals surface area contributed by atoms with Gasteiger partial charge in [-0.2, -0.15) is 4.98 Å². The van der Waals surface area contributed by atoms with E-state index in [0.29, 0.717) is 5.89 Å². The third kappa shape index (κ3) is 3.34. The Balaban J connectivity index is 1.96. The average molecular weight is 263 g/mol. The van der Waals surface area contributed by atoms with Crippen LogP contribution in [-0.4, -0.2) is 17.2 Å². The molecule has 0 bridgehead atoms. The maximum atomic E-state index is 5.19. The minimum atomic E-state index is 0.0928. The molecule has 2 rings (SSSR count). The fourth-order valence-electron chi connectivity index (χ4n) is 1.48. The Morgan fingerprint density at radius 2 is 2.28 bits per heavy atom. The van der Waals surface area contributed by atoms with E-state index in [1.807, 2.05) is 14.0 Å². The molecule has 0 spiro atoms. The zero-order valence-electron chi connectivity index (χ0n) is 10.8. The number of hydrogen-bond acceptors (Lipinski definition) is 5. The van der Waals surface area contributed by atoms with E-state index in [1.165, 1.54) is 10.5 Å². The highest BCUT2D eigenvalue weighted by molar-refractivity contribution is 7.98. The Morgan fingerprint density at radius 3 is 3.00 bits per heavy atom. The van der Waals surface area contributed by atoms with Crippen LogP contribution in [0.25, 0.3) is 0 Å². The second-order valence-corrected chi connectivity index (χ2v) is 5.21. The fraction of sp³-hybridized carbons (Fsp3) is 0.385. The summed E-state index contributed by atoms with van der Waals surface area (Å²) in [5.41, 5.74) is 1.26. The van der Waals surface area contributed by atoms with Gasteiger partial charge in [-0.3, -0.25) is 0 Å². The molecule has 0 radical (unpaired) electrons. The van der Waals surface area contributed by atoms with Crippen LogP contribution in [0.4, 0.5) is 0 Å². The number of aryl methyl sites for hydroxylation is 1. The second kappa shape index (κ2) is 6.02. The molecule has 2 aromatic rings. The first kappa shape index (κ1) is 13.1. The Morgan fingerprint density at radius 1 is 1.44 bits per heavy atom. The molecule has 0 aliphatic carbocycles. The highest BCUT2D eigenvalue weighted by atomic mass is 32.2. The van der Waals surface area contributed by atoms with E-state index >= 15 is 0 Å². The largest absolute Gasteiger partial charge is 0.338 e. The van der Waals surface area contributed by atoms with Gasteiger partial charge in [0.25, 0.3) is 0 Å². The van der Waals surface area contributed by atoms with Crippen LogP contribution in [0, 0.1) is 6.92 Å². The molecule has 1 heterocycles. The minimum Gasteiger partial charge on any atom is -0.338 e. The van der Waals surface area contributed by atoms with Gasteiger partial charge in [-0.1, -0.05) is 22.9 Å². The van der Waals surface area contributed by atoms with Gasteiger partial charge < -0.3 is 9.84 Å². The lowest BCUT2D eigenvalue weighted by Gasteiger charge is -2.01. The van der Waals surface area contributed by atoms with Crippen LogP contribution in [0.15, 0.2) is 33.7 Å². The molecule has 1 unspecified atom stereocenters. The maximum absolute atomic E-state index is 5.19. The summed E-state index contributed by atoms with van der Waals surface area (Å²) in [6.07, 6.45) is 0. The van der Waals surface area contributed by atoms with Crippen LogP contribution < -0.4 is 5.32 Å². The van der Waals surface area contributed by atoms with Gasteiger partial charge in [-0.25, -0.2) is 0 Å². The van der Waals surface area contributed by atoms with E-state index in [-0.39, 0.29) is 6.04 Å². The van der Waals surface area contributed by atoms with Gasteiger partial charge in [0, 0.05) is 4.90 Å². The lowest BCUT2D eigenvalue weighted by Crippen LogP contribution is -2.12. The Labute approximate surface area is 111 Å². The molecule has 96 valence electrons. The lowest BCUT2D eigenvalue weighted by molar-refractivity contribution is 0.344. The van der Waals surface area contributed by atoms with E-state index in [4.69, 9.17) is 4.52 Å². The predicted molar refractivity (Wildman–Crippen MR) is 72.5 cm³/mol. The summed E-state index contributed by atoms with van der Waals surface area (Å²) in [5, 5.41) is 7.05. The zero-order valence-corrected chi connectivity index (χ0v) is 11.6. The van der Waals surface area contributed by atoms with Gasteiger partial charge in [0.1, 0.15) is 0 Å². The first-order valence-electron chi connectivity index (χ1n) is 5.88. The van der Waals surface area contributed by atoms with Gasteiger partial charge in [-0.15, -0.1) is 11.8 Å². The molecule has 0 saturated heterocycles. The smallest absolute Gasteiger partial charge is 0.243 e. The summed E-state index contributed by atoms with van der Waals surface area (Å²) < 4.78 is 5.19. The first-order chi connectivity index (χ1) is 8.69. The predicted octanol–water partition coefficient (Wildman–Crippen LogP) is 2.95. The highest BCUT2D eigenvalue weighted by Gasteiger charge is 2.12. The number of benzene rings is 1. The van der Waals surface area contributed by atoms with Crippen LogP contribution in [0.3, 0.4) is 0 Å². The monoisotopic (exact) mass is 263 g/mol. The number of hydrogen-bond donors (Lipinski definition) is 1. The SMILES string of the molecule is CNC(C)c1nc(CSc2cccc(C)c2)no1. The van der Waals surface area contributed by atoms with Crippen molar-refractivity contribution in [2.75, 3.05) is 7.05 Å². The van der Waals surface area contributed by atoms with E-state index in [9.17, 15) is 0 Å². The minimum absolute atomic E-state index is 0.0928. The summed E-state index contributed by atoms with van der Waals surface area (Å²) in [6.45, 7) is 4.08. The van der Waals surface area contributed by atoms with Gasteiger partial charge in [-0.05, 0) is 33.0 Å². The lowest BCUT2D eigenvalue weighted by atomic mass is 10.2. The van der Waals surface area contributed by atoms with Crippen molar-refractivity contribution in [3.63, 3.8) is 0 Å². The third-order valence-corrected chi connectivity index (χ3v) is 3.63. The van der Waals surface area contributed by atoms with Crippen molar-refractivity contribution in [2.24, 2.45) is 0 Å². The van der Waals surface area contributed by atoms with Gasteiger partial charge in [0.05, 0.1) is 11.8 Å². The average Bonchev–Trinajstić information content (AvgIpc) is 2.84. The van der Waals surface area contributed by atoms with Crippen molar-refractivity contribution in [1.29, 1.82) is 0 Å². The number of rotatable bonds is 5. The van der Waals surface area contributed by atoms with E-state index in [0.717, 1.165) is 11.6 Å². The number of nitrogens with zero attached hydrogens (tertiary/aromatic N) is 2.